The lowest BCUT2D eigenvalue weighted by Crippen LogP contribution is -2.08. The summed E-state index contributed by atoms with van der Waals surface area (Å²) in [5.74, 6) is 0.253. The number of halogens is 1. The minimum atomic E-state index is -0.259. The first kappa shape index (κ1) is 14.6. The maximum Gasteiger partial charge on any atom is 0.243 e. The first-order chi connectivity index (χ1) is 10.8. The average molecular weight is 298 g/mol. The number of anilines is 1. The summed E-state index contributed by atoms with van der Waals surface area (Å²) in [5.41, 5.74) is 3.03. The van der Waals surface area contributed by atoms with Crippen LogP contribution in [0.3, 0.4) is 0 Å². The van der Waals surface area contributed by atoms with Crippen LogP contribution in [-0.2, 0) is 0 Å². The van der Waals surface area contributed by atoms with Crippen molar-refractivity contribution in [2.24, 2.45) is 0 Å². The predicted molar refractivity (Wildman–Crippen MR) is 84.9 cm³/mol. The largest absolute Gasteiger partial charge is 0.353 e. The van der Waals surface area contributed by atoms with Crippen molar-refractivity contribution in [3.05, 3.63) is 47.9 Å². The second-order valence-corrected chi connectivity index (χ2v) is 5.46. The molecular weight excluding hydrogens is 279 g/mol. The van der Waals surface area contributed by atoms with Crippen molar-refractivity contribution in [3.63, 3.8) is 0 Å². The zero-order valence-electron chi connectivity index (χ0n) is 12.4. The third-order valence-corrected chi connectivity index (χ3v) is 3.81. The highest BCUT2D eigenvalue weighted by atomic mass is 19.1. The smallest absolute Gasteiger partial charge is 0.243 e. The van der Waals surface area contributed by atoms with Crippen molar-refractivity contribution >= 4 is 5.95 Å². The second-order valence-electron chi connectivity index (χ2n) is 5.46. The number of nitrogens with zero attached hydrogens (tertiary/aromatic N) is 3. The van der Waals surface area contributed by atoms with Gasteiger partial charge in [-0.3, -0.25) is 0 Å². The highest BCUT2D eigenvalue weighted by molar-refractivity contribution is 5.58. The third-order valence-electron chi connectivity index (χ3n) is 3.81. The molecule has 0 aliphatic heterocycles. The van der Waals surface area contributed by atoms with Crippen molar-refractivity contribution < 1.29 is 4.39 Å². The molecule has 3 rings (SSSR count). The molecule has 0 unspecified atom stereocenters. The lowest BCUT2D eigenvalue weighted by molar-refractivity contribution is 0.628. The number of benzene rings is 1. The molecule has 0 atom stereocenters. The van der Waals surface area contributed by atoms with Crippen LogP contribution in [0.1, 0.15) is 32.1 Å². The fourth-order valence-electron chi connectivity index (χ4n) is 2.60. The average Bonchev–Trinajstić information content (AvgIpc) is 2.57. The van der Waals surface area contributed by atoms with Crippen LogP contribution in [0.5, 0.6) is 0 Å². The van der Waals surface area contributed by atoms with Gasteiger partial charge in [-0.2, -0.15) is 5.10 Å². The third kappa shape index (κ3) is 3.87. The first-order valence-electron chi connectivity index (χ1n) is 7.69. The topological polar surface area (TPSA) is 50.7 Å². The standard InChI is InChI=1S/C17H19FN4/c18-15-8-6-14(7-9-15)16-12-20-22-17(21-16)19-11-10-13-4-2-1-3-5-13/h4,6-9,12H,1-3,5,10-11H2,(H,19,21,22). The molecule has 0 radical (unpaired) electrons. The molecule has 4 nitrogen and oxygen atoms in total. The van der Waals surface area contributed by atoms with Crippen LogP contribution >= 0.6 is 0 Å². The Labute approximate surface area is 129 Å². The van der Waals surface area contributed by atoms with Gasteiger partial charge >= 0.3 is 0 Å². The van der Waals surface area contributed by atoms with Crippen LogP contribution in [0.2, 0.25) is 0 Å². The summed E-state index contributed by atoms with van der Waals surface area (Å²) in [4.78, 5) is 4.43. The van der Waals surface area contributed by atoms with Crippen LogP contribution in [0.25, 0.3) is 11.3 Å². The highest BCUT2D eigenvalue weighted by Gasteiger charge is 2.06. The number of hydrogen-bond donors (Lipinski definition) is 1. The Morgan fingerprint density at radius 3 is 2.77 bits per heavy atom. The van der Waals surface area contributed by atoms with E-state index in [1.165, 1.54) is 43.4 Å². The summed E-state index contributed by atoms with van der Waals surface area (Å²) in [6.45, 7) is 0.806. The Kier molecular flexibility index (Phi) is 4.73. The van der Waals surface area contributed by atoms with E-state index in [4.69, 9.17) is 0 Å². The molecule has 1 heterocycles. The van der Waals surface area contributed by atoms with Crippen LogP contribution in [0.4, 0.5) is 10.3 Å². The lowest BCUT2D eigenvalue weighted by Gasteiger charge is -2.12. The zero-order chi connectivity index (χ0) is 15.2. The van der Waals surface area contributed by atoms with Gasteiger partial charge in [0.2, 0.25) is 5.95 Å². The monoisotopic (exact) mass is 298 g/mol. The van der Waals surface area contributed by atoms with E-state index in [1.54, 1.807) is 18.3 Å². The predicted octanol–water partition coefficient (Wildman–Crippen LogP) is 3.98. The molecule has 0 saturated carbocycles. The van der Waals surface area contributed by atoms with E-state index in [0.717, 1.165) is 18.5 Å². The summed E-state index contributed by atoms with van der Waals surface area (Å²) in [7, 11) is 0. The van der Waals surface area contributed by atoms with Crippen LogP contribution in [0.15, 0.2) is 42.1 Å². The van der Waals surface area contributed by atoms with Crippen LogP contribution in [0, 0.1) is 5.82 Å². The Morgan fingerprint density at radius 1 is 1.14 bits per heavy atom. The zero-order valence-corrected chi connectivity index (χ0v) is 12.4. The molecule has 1 aliphatic rings. The number of nitrogens with one attached hydrogen (secondary N) is 1. The molecule has 22 heavy (non-hydrogen) atoms. The van der Waals surface area contributed by atoms with E-state index >= 15 is 0 Å². The normalized spacial score (nSPS) is 14.5. The van der Waals surface area contributed by atoms with Gasteiger partial charge in [0.25, 0.3) is 0 Å². The van der Waals surface area contributed by atoms with Gasteiger partial charge in [0.05, 0.1) is 11.9 Å². The highest BCUT2D eigenvalue weighted by Crippen LogP contribution is 2.20. The maximum absolute atomic E-state index is 13.0. The van der Waals surface area contributed by atoms with Gasteiger partial charge in [-0.15, -0.1) is 5.10 Å². The Balaban J connectivity index is 1.61. The summed E-state index contributed by atoms with van der Waals surface area (Å²) < 4.78 is 13.0. The Morgan fingerprint density at radius 2 is 2.00 bits per heavy atom. The summed E-state index contributed by atoms with van der Waals surface area (Å²) in [5, 5.41) is 11.2. The SMILES string of the molecule is Fc1ccc(-c2cnnc(NCCC3=CCCCC3)n2)cc1. The molecular formula is C17H19FN4. The van der Waals surface area contributed by atoms with E-state index in [1.807, 2.05) is 0 Å². The van der Waals surface area contributed by atoms with Gasteiger partial charge in [-0.05, 0) is 56.4 Å². The van der Waals surface area contributed by atoms with Crippen molar-refractivity contribution in [2.75, 3.05) is 11.9 Å². The molecule has 1 aliphatic carbocycles. The van der Waals surface area contributed by atoms with E-state index in [0.29, 0.717) is 11.6 Å². The fraction of sp³-hybridized carbons (Fsp3) is 0.353. The van der Waals surface area contributed by atoms with Gasteiger partial charge in [-0.25, -0.2) is 9.37 Å². The van der Waals surface area contributed by atoms with Crippen LogP contribution in [-0.4, -0.2) is 21.7 Å². The molecule has 2 aromatic rings. The molecule has 0 spiro atoms. The van der Waals surface area contributed by atoms with E-state index < -0.39 is 0 Å². The Hall–Kier alpha value is -2.30. The Bertz CT molecular complexity index is 652. The molecule has 1 aromatic carbocycles. The van der Waals surface area contributed by atoms with Gasteiger partial charge in [0, 0.05) is 12.1 Å². The molecule has 0 fully saturated rings. The molecule has 114 valence electrons. The summed E-state index contributed by atoms with van der Waals surface area (Å²) in [6.07, 6.45) is 9.96. The van der Waals surface area contributed by atoms with Gasteiger partial charge < -0.3 is 5.32 Å². The quantitative estimate of drug-likeness (QED) is 0.848. The van der Waals surface area contributed by atoms with Gasteiger partial charge in [-0.1, -0.05) is 11.6 Å². The summed E-state index contributed by atoms with van der Waals surface area (Å²) in [6, 6.07) is 6.21. The van der Waals surface area contributed by atoms with Crippen molar-refractivity contribution in [2.45, 2.75) is 32.1 Å². The molecule has 0 bridgehead atoms. The van der Waals surface area contributed by atoms with Crippen LogP contribution < -0.4 is 5.32 Å². The lowest BCUT2D eigenvalue weighted by atomic mass is 9.97. The van der Waals surface area contributed by atoms with Crippen molar-refractivity contribution in [1.29, 1.82) is 0 Å². The van der Waals surface area contributed by atoms with Crippen molar-refractivity contribution in [1.82, 2.24) is 15.2 Å². The minimum Gasteiger partial charge on any atom is -0.353 e. The maximum atomic E-state index is 13.0. The summed E-state index contributed by atoms with van der Waals surface area (Å²) >= 11 is 0. The fourth-order valence-corrected chi connectivity index (χ4v) is 2.60. The van der Waals surface area contributed by atoms with Gasteiger partial charge in [0.1, 0.15) is 5.82 Å². The molecule has 5 heteroatoms. The minimum absolute atomic E-state index is 0.259. The molecule has 1 aromatic heterocycles. The van der Waals surface area contributed by atoms with E-state index in [-0.39, 0.29) is 5.82 Å². The number of allylic oxidation sites excluding steroid dienone is 1. The number of aromatic nitrogens is 3. The molecule has 0 amide bonds. The first-order valence-corrected chi connectivity index (χ1v) is 7.69. The molecule has 1 N–H and O–H groups in total. The van der Waals surface area contributed by atoms with Gasteiger partial charge in [0.15, 0.2) is 0 Å². The second kappa shape index (κ2) is 7.11. The number of rotatable bonds is 5. The number of hydrogen-bond acceptors (Lipinski definition) is 4. The molecule has 0 saturated heterocycles. The van der Waals surface area contributed by atoms with E-state index in [2.05, 4.69) is 26.6 Å². The van der Waals surface area contributed by atoms with Crippen molar-refractivity contribution in [3.8, 4) is 11.3 Å². The van der Waals surface area contributed by atoms with E-state index in [9.17, 15) is 4.39 Å².